The van der Waals surface area contributed by atoms with Crippen LogP contribution in [0, 0.1) is 6.92 Å². The van der Waals surface area contributed by atoms with E-state index in [1.54, 1.807) is 26.2 Å². The van der Waals surface area contributed by atoms with Crippen LogP contribution in [0.4, 0.5) is 35.9 Å². The minimum Gasteiger partial charge on any atom is -0.465 e. The number of hydrogen-bond acceptors (Lipinski definition) is 6. The number of fused-ring (bicyclic) bond motifs is 2. The van der Waals surface area contributed by atoms with Crippen LogP contribution < -0.4 is 0 Å². The molecule has 0 aliphatic carbocycles. The molecular formula is C25H27BrF6N6O4S. The molecule has 0 fully saturated rings. The van der Waals surface area contributed by atoms with Crippen LogP contribution in [0.15, 0.2) is 15.4 Å². The summed E-state index contributed by atoms with van der Waals surface area (Å²) in [7, 11) is 0. The molecule has 0 radical (unpaired) electrons. The van der Waals surface area contributed by atoms with Gasteiger partial charge in [0.25, 0.3) is 0 Å². The van der Waals surface area contributed by atoms with Gasteiger partial charge in [-0.25, -0.2) is 19.6 Å². The Morgan fingerprint density at radius 1 is 0.884 bits per heavy atom. The average molecular weight is 701 g/mol. The molecule has 5 rings (SSSR count). The molecule has 0 aromatic carbocycles. The van der Waals surface area contributed by atoms with Gasteiger partial charge in [0.2, 0.25) is 11.6 Å². The van der Waals surface area contributed by atoms with Crippen molar-refractivity contribution < 1.29 is 45.8 Å². The van der Waals surface area contributed by atoms with Gasteiger partial charge in [0, 0.05) is 37.1 Å². The minimum atomic E-state index is -4.55. The molecule has 0 saturated carbocycles. The fraction of sp³-hybridized carbons (Fsp3) is 0.520. The summed E-state index contributed by atoms with van der Waals surface area (Å²) in [5.41, 5.74) is 1.75. The largest absolute Gasteiger partial charge is 0.465 e. The molecule has 0 atom stereocenters. The fourth-order valence-corrected chi connectivity index (χ4v) is 5.93. The van der Waals surface area contributed by atoms with Crippen LogP contribution in [-0.4, -0.2) is 64.9 Å². The molecule has 43 heavy (non-hydrogen) atoms. The van der Waals surface area contributed by atoms with Gasteiger partial charge in [-0.3, -0.25) is 0 Å². The van der Waals surface area contributed by atoms with E-state index in [0.717, 1.165) is 15.0 Å². The lowest BCUT2D eigenvalue weighted by Gasteiger charge is -2.31. The molecule has 0 saturated heterocycles. The highest BCUT2D eigenvalue weighted by Gasteiger charge is 2.42. The van der Waals surface area contributed by atoms with E-state index < -0.39 is 41.8 Å². The van der Waals surface area contributed by atoms with Gasteiger partial charge in [0.05, 0.1) is 30.2 Å². The summed E-state index contributed by atoms with van der Waals surface area (Å²) in [6.07, 6.45) is -10.8. The van der Waals surface area contributed by atoms with Gasteiger partial charge in [-0.05, 0) is 54.6 Å². The van der Waals surface area contributed by atoms with Crippen molar-refractivity contribution in [1.29, 1.82) is 0 Å². The maximum absolute atomic E-state index is 13.4. The molecule has 236 valence electrons. The van der Waals surface area contributed by atoms with E-state index in [2.05, 4.69) is 25.9 Å². The van der Waals surface area contributed by atoms with Gasteiger partial charge in [-0.2, -0.15) is 37.7 Å². The maximum Gasteiger partial charge on any atom is 0.449 e. The Kier molecular flexibility index (Phi) is 8.85. The first-order chi connectivity index (χ1) is 19.8. The number of hydrogen-bond donors (Lipinski definition) is 1. The van der Waals surface area contributed by atoms with Crippen molar-refractivity contribution in [1.82, 2.24) is 28.9 Å². The predicted octanol–water partition coefficient (Wildman–Crippen LogP) is 6.85. The second-order valence-electron chi connectivity index (χ2n) is 10.8. The molecule has 0 unspecified atom stereocenters. The number of carbonyl (C=O) groups is 2. The zero-order chi connectivity index (χ0) is 32.1. The quantitative estimate of drug-likeness (QED) is 0.279. The summed E-state index contributed by atoms with van der Waals surface area (Å²) in [5.74, 6) is -1.92. The van der Waals surface area contributed by atoms with Crippen LogP contribution in [0.25, 0.3) is 11.3 Å². The number of imidazole rings is 2. The Balaban J connectivity index is 0.000000215. The first kappa shape index (κ1) is 32.6. The molecule has 3 aromatic heterocycles. The lowest BCUT2D eigenvalue weighted by atomic mass is 10.1. The molecule has 2 amide bonds. The normalized spacial score (nSPS) is 15.4. The molecule has 0 spiro atoms. The number of amides is 2. The molecule has 1 N–H and O–H groups in total. The third-order valence-electron chi connectivity index (χ3n) is 6.50. The smallest absolute Gasteiger partial charge is 0.449 e. The number of alkyl halides is 6. The van der Waals surface area contributed by atoms with Crippen molar-refractivity contribution in [2.45, 2.75) is 71.8 Å². The van der Waals surface area contributed by atoms with Crippen LogP contribution in [0.2, 0.25) is 0 Å². The van der Waals surface area contributed by atoms with E-state index >= 15 is 0 Å². The van der Waals surface area contributed by atoms with Gasteiger partial charge in [-0.15, -0.1) is 0 Å². The number of carboxylic acid groups (broad SMARTS) is 1. The number of rotatable bonds is 1. The van der Waals surface area contributed by atoms with Crippen LogP contribution in [0.5, 0.6) is 0 Å². The lowest BCUT2D eigenvalue weighted by molar-refractivity contribution is -0.148. The van der Waals surface area contributed by atoms with Crippen molar-refractivity contribution in [2.75, 3.05) is 13.1 Å². The summed E-state index contributed by atoms with van der Waals surface area (Å²) in [6, 6.07) is 0. The molecule has 2 aliphatic heterocycles. The second-order valence-corrected chi connectivity index (χ2v) is 12.3. The second kappa shape index (κ2) is 11.7. The van der Waals surface area contributed by atoms with Crippen molar-refractivity contribution in [2.24, 2.45) is 0 Å². The SMILES string of the molecule is Cc1cscc1-c1nc(C(F)(F)F)n2c1CN(C(=O)OC(C)(C)C)CC2.O=C(O)N1CCn2c(C(F)(F)F)nc(Br)c2C1. The van der Waals surface area contributed by atoms with E-state index in [0.29, 0.717) is 11.3 Å². The standard InChI is InChI=1S/C17H20F3N3O2S.C8H7BrF3N3O2/c1-10-8-26-9-11(10)13-12-7-22(15(24)25-16(2,3)4)5-6-23(12)14(21-13)17(18,19)20;9-5-4-3-14(7(16)17)1-2-15(4)6(13-5)8(10,11)12/h8-9H,5-7H2,1-4H3;1-3H2,(H,16,17). The topological polar surface area (TPSA) is 106 Å². The number of nitrogens with zero attached hydrogens (tertiary/aromatic N) is 6. The average Bonchev–Trinajstić information content (AvgIpc) is 3.57. The van der Waals surface area contributed by atoms with Crippen molar-refractivity contribution in [3.8, 4) is 11.3 Å². The highest BCUT2D eigenvalue weighted by atomic mass is 79.9. The van der Waals surface area contributed by atoms with Gasteiger partial charge in [-0.1, -0.05) is 0 Å². The van der Waals surface area contributed by atoms with E-state index in [-0.39, 0.29) is 55.3 Å². The van der Waals surface area contributed by atoms with Gasteiger partial charge < -0.3 is 28.8 Å². The summed E-state index contributed by atoms with van der Waals surface area (Å²) < 4.78 is 85.7. The summed E-state index contributed by atoms with van der Waals surface area (Å²) in [5, 5.41) is 12.4. The van der Waals surface area contributed by atoms with Crippen molar-refractivity contribution in [3.63, 3.8) is 0 Å². The first-order valence-corrected chi connectivity index (χ1v) is 14.5. The summed E-state index contributed by atoms with van der Waals surface area (Å²) >= 11 is 4.33. The van der Waals surface area contributed by atoms with E-state index in [1.807, 2.05) is 12.3 Å². The lowest BCUT2D eigenvalue weighted by Crippen LogP contribution is -2.42. The number of thiophene rings is 1. The Morgan fingerprint density at radius 3 is 1.93 bits per heavy atom. The Morgan fingerprint density at radius 2 is 1.42 bits per heavy atom. The summed E-state index contributed by atoms with van der Waals surface area (Å²) in [6.45, 7) is 7.16. The van der Waals surface area contributed by atoms with Crippen molar-refractivity contribution in [3.05, 3.63) is 44.0 Å². The Bertz CT molecular complexity index is 1520. The summed E-state index contributed by atoms with van der Waals surface area (Å²) in [4.78, 5) is 32.8. The van der Waals surface area contributed by atoms with Crippen LogP contribution >= 0.6 is 27.3 Å². The number of aromatic nitrogens is 4. The first-order valence-electron chi connectivity index (χ1n) is 12.8. The van der Waals surface area contributed by atoms with Crippen LogP contribution in [-0.2, 0) is 43.3 Å². The zero-order valence-electron chi connectivity index (χ0n) is 23.3. The highest BCUT2D eigenvalue weighted by molar-refractivity contribution is 9.10. The highest BCUT2D eigenvalue weighted by Crippen LogP contribution is 2.38. The zero-order valence-corrected chi connectivity index (χ0v) is 25.7. The van der Waals surface area contributed by atoms with Gasteiger partial charge in [0.1, 0.15) is 10.2 Å². The molecule has 10 nitrogen and oxygen atoms in total. The number of halogens is 7. The Hall–Kier alpha value is -3.28. The minimum absolute atomic E-state index is 0.0220. The number of ether oxygens (including phenoxy) is 1. The number of carbonyl (C=O) groups excluding carboxylic acids is 1. The maximum atomic E-state index is 13.4. The Labute approximate surface area is 254 Å². The van der Waals surface area contributed by atoms with Crippen molar-refractivity contribution >= 4 is 39.5 Å². The van der Waals surface area contributed by atoms with Gasteiger partial charge in [0.15, 0.2) is 0 Å². The molecule has 0 bridgehead atoms. The molecular weight excluding hydrogens is 674 g/mol. The molecule has 3 aromatic rings. The molecule has 2 aliphatic rings. The van der Waals surface area contributed by atoms with Crippen LogP contribution in [0.1, 0.15) is 49.4 Å². The predicted molar refractivity (Wildman–Crippen MR) is 145 cm³/mol. The monoisotopic (exact) mass is 700 g/mol. The van der Waals surface area contributed by atoms with E-state index in [1.165, 1.54) is 20.8 Å². The molecule has 5 heterocycles. The van der Waals surface area contributed by atoms with E-state index in [9.17, 15) is 35.9 Å². The van der Waals surface area contributed by atoms with Crippen LogP contribution in [0.3, 0.4) is 0 Å². The van der Waals surface area contributed by atoms with E-state index in [4.69, 9.17) is 9.84 Å². The molecule has 18 heteroatoms. The third kappa shape index (κ3) is 7.11. The number of aryl methyl sites for hydroxylation is 1. The third-order valence-corrected chi connectivity index (χ3v) is 8.00. The fourth-order valence-electron chi connectivity index (χ4n) is 4.59. The van der Waals surface area contributed by atoms with Gasteiger partial charge >= 0.3 is 24.5 Å².